The molecule has 80 valence electrons. The lowest BCUT2D eigenvalue weighted by atomic mass is 9.90. The lowest BCUT2D eigenvalue weighted by Crippen LogP contribution is -2.25. The lowest BCUT2D eigenvalue weighted by molar-refractivity contribution is 0.238. The fourth-order valence-electron chi connectivity index (χ4n) is 2.46. The second-order valence-electron chi connectivity index (χ2n) is 4.68. The van der Waals surface area contributed by atoms with Crippen molar-refractivity contribution < 1.29 is 0 Å². The van der Waals surface area contributed by atoms with E-state index in [-0.39, 0.29) is 0 Å². The van der Waals surface area contributed by atoms with Gasteiger partial charge in [0.2, 0.25) is 0 Å². The maximum Gasteiger partial charge on any atom is 0.0360 e. The second-order valence-corrected chi connectivity index (χ2v) is 4.68. The monoisotopic (exact) mass is 194 g/mol. The van der Waals surface area contributed by atoms with Crippen molar-refractivity contribution in [2.45, 2.75) is 51.4 Å². The van der Waals surface area contributed by atoms with Gasteiger partial charge in [0.1, 0.15) is 0 Å². The third-order valence-corrected chi connectivity index (χ3v) is 3.42. The number of hydrazone groups is 1. The molecule has 0 atom stereocenters. The van der Waals surface area contributed by atoms with E-state index in [2.05, 4.69) is 16.3 Å². The summed E-state index contributed by atoms with van der Waals surface area (Å²) in [5, 5.41) is 6.88. The molecular formula is C12H22N2. The van der Waals surface area contributed by atoms with Gasteiger partial charge in [0.15, 0.2) is 0 Å². The zero-order chi connectivity index (χ0) is 9.64. The topological polar surface area (TPSA) is 15.6 Å². The molecule has 0 bridgehead atoms. The molecule has 14 heavy (non-hydrogen) atoms. The number of hydrogen-bond acceptors (Lipinski definition) is 2. The number of hydrogen-bond donors (Lipinski definition) is 0. The molecule has 1 saturated heterocycles. The van der Waals surface area contributed by atoms with Crippen molar-refractivity contribution in [2.24, 2.45) is 11.0 Å². The summed E-state index contributed by atoms with van der Waals surface area (Å²) in [5.74, 6) is 0.783. The van der Waals surface area contributed by atoms with Gasteiger partial charge in [-0.25, -0.2) is 0 Å². The first-order chi connectivity index (χ1) is 6.95. The summed E-state index contributed by atoms with van der Waals surface area (Å²) in [4.78, 5) is 0. The minimum Gasteiger partial charge on any atom is -0.297 e. The maximum atomic E-state index is 4.62. The molecule has 0 N–H and O–H groups in total. The summed E-state index contributed by atoms with van der Waals surface area (Å²) >= 11 is 0. The van der Waals surface area contributed by atoms with E-state index < -0.39 is 0 Å². The van der Waals surface area contributed by atoms with Crippen molar-refractivity contribution in [3.8, 4) is 0 Å². The van der Waals surface area contributed by atoms with Crippen molar-refractivity contribution in [1.29, 1.82) is 0 Å². The van der Waals surface area contributed by atoms with Gasteiger partial charge in [-0.15, -0.1) is 0 Å². The molecule has 1 saturated carbocycles. The molecular weight excluding hydrogens is 172 g/mol. The van der Waals surface area contributed by atoms with Gasteiger partial charge < -0.3 is 0 Å². The first-order valence-electron chi connectivity index (χ1n) is 6.24. The van der Waals surface area contributed by atoms with Crippen LogP contribution in [0.1, 0.15) is 51.4 Å². The van der Waals surface area contributed by atoms with Crippen LogP contribution < -0.4 is 0 Å². The van der Waals surface area contributed by atoms with Gasteiger partial charge in [-0.2, -0.15) is 5.10 Å². The average molecular weight is 194 g/mol. The van der Waals surface area contributed by atoms with Gasteiger partial charge in [0.05, 0.1) is 0 Å². The van der Waals surface area contributed by atoms with E-state index in [0.717, 1.165) is 5.92 Å². The van der Waals surface area contributed by atoms with Crippen LogP contribution in [-0.2, 0) is 0 Å². The molecule has 0 aromatic heterocycles. The van der Waals surface area contributed by atoms with Gasteiger partial charge in [-0.3, -0.25) is 5.01 Å². The Balaban J connectivity index is 1.73. The molecule has 0 aromatic rings. The Morgan fingerprint density at radius 3 is 2.21 bits per heavy atom. The van der Waals surface area contributed by atoms with Crippen LogP contribution in [0.5, 0.6) is 0 Å². The van der Waals surface area contributed by atoms with Crippen molar-refractivity contribution in [1.82, 2.24) is 5.01 Å². The molecule has 2 rings (SSSR count). The molecule has 0 unspecified atom stereocenters. The molecule has 2 fully saturated rings. The molecule has 2 heteroatoms. The standard InChI is InChI=1S/C12H22N2/c1-3-7-12(8-4-1)11-13-14-9-5-2-6-10-14/h11-12H,1-10H2. The fourth-order valence-corrected chi connectivity index (χ4v) is 2.46. The van der Waals surface area contributed by atoms with Crippen LogP contribution in [0.15, 0.2) is 5.10 Å². The first-order valence-corrected chi connectivity index (χ1v) is 6.24. The molecule has 0 radical (unpaired) electrons. The summed E-state index contributed by atoms with van der Waals surface area (Å²) in [7, 11) is 0. The van der Waals surface area contributed by atoms with E-state index >= 15 is 0 Å². The summed E-state index contributed by atoms with van der Waals surface area (Å²) in [5.41, 5.74) is 0. The highest BCUT2D eigenvalue weighted by atomic mass is 15.4. The highest BCUT2D eigenvalue weighted by Gasteiger charge is 2.12. The van der Waals surface area contributed by atoms with Gasteiger partial charge in [0.25, 0.3) is 0 Å². The van der Waals surface area contributed by atoms with Crippen LogP contribution in [0.25, 0.3) is 0 Å². The van der Waals surface area contributed by atoms with Crippen LogP contribution >= 0.6 is 0 Å². The molecule has 2 aliphatic rings. The minimum atomic E-state index is 0.783. The molecule has 2 nitrogen and oxygen atoms in total. The van der Waals surface area contributed by atoms with Crippen LogP contribution in [-0.4, -0.2) is 24.3 Å². The van der Waals surface area contributed by atoms with Gasteiger partial charge in [-0.05, 0) is 38.0 Å². The average Bonchev–Trinajstić information content (AvgIpc) is 2.29. The Labute approximate surface area is 87.4 Å². The van der Waals surface area contributed by atoms with Crippen molar-refractivity contribution >= 4 is 6.21 Å². The number of nitrogens with zero attached hydrogens (tertiary/aromatic N) is 2. The highest BCUT2D eigenvalue weighted by molar-refractivity contribution is 5.60. The van der Waals surface area contributed by atoms with Crippen LogP contribution in [0.2, 0.25) is 0 Å². The molecule has 0 aromatic carbocycles. The predicted molar refractivity (Wildman–Crippen MR) is 60.5 cm³/mol. The zero-order valence-electron chi connectivity index (χ0n) is 9.12. The Kier molecular flexibility index (Phi) is 3.84. The molecule has 1 aliphatic carbocycles. The van der Waals surface area contributed by atoms with Crippen molar-refractivity contribution in [3.63, 3.8) is 0 Å². The Morgan fingerprint density at radius 2 is 1.50 bits per heavy atom. The Morgan fingerprint density at radius 1 is 0.857 bits per heavy atom. The quantitative estimate of drug-likeness (QED) is 0.617. The summed E-state index contributed by atoms with van der Waals surface area (Å²) < 4.78 is 0. The van der Waals surface area contributed by atoms with Crippen molar-refractivity contribution in [3.05, 3.63) is 0 Å². The van der Waals surface area contributed by atoms with Gasteiger partial charge >= 0.3 is 0 Å². The largest absolute Gasteiger partial charge is 0.297 e. The predicted octanol–water partition coefficient (Wildman–Crippen LogP) is 3.04. The van der Waals surface area contributed by atoms with E-state index in [9.17, 15) is 0 Å². The number of piperidine rings is 1. The summed E-state index contributed by atoms with van der Waals surface area (Å²) in [6.07, 6.45) is 13.3. The third-order valence-electron chi connectivity index (χ3n) is 3.42. The first kappa shape index (κ1) is 10.0. The smallest absolute Gasteiger partial charge is 0.0360 e. The van der Waals surface area contributed by atoms with E-state index in [0.29, 0.717) is 0 Å². The molecule has 0 spiro atoms. The summed E-state index contributed by atoms with van der Waals surface area (Å²) in [6, 6.07) is 0. The second kappa shape index (κ2) is 5.38. The fraction of sp³-hybridized carbons (Fsp3) is 0.917. The minimum absolute atomic E-state index is 0.783. The number of rotatable bonds is 2. The van der Waals surface area contributed by atoms with Crippen LogP contribution in [0.4, 0.5) is 0 Å². The van der Waals surface area contributed by atoms with Gasteiger partial charge in [0, 0.05) is 19.3 Å². The molecule has 1 aliphatic heterocycles. The third kappa shape index (κ3) is 3.00. The van der Waals surface area contributed by atoms with E-state index in [4.69, 9.17) is 0 Å². The van der Waals surface area contributed by atoms with Crippen LogP contribution in [0, 0.1) is 5.92 Å². The zero-order valence-corrected chi connectivity index (χ0v) is 9.12. The molecule has 0 amide bonds. The Hall–Kier alpha value is -0.530. The van der Waals surface area contributed by atoms with Crippen molar-refractivity contribution in [2.75, 3.05) is 13.1 Å². The van der Waals surface area contributed by atoms with E-state index in [1.54, 1.807) is 0 Å². The SMILES string of the molecule is C(=NN1CCCCC1)C1CCCCC1. The summed E-state index contributed by atoms with van der Waals surface area (Å²) in [6.45, 7) is 2.37. The van der Waals surface area contributed by atoms with Gasteiger partial charge in [-0.1, -0.05) is 19.3 Å². The normalized spacial score (nSPS) is 25.9. The Bertz CT molecular complexity index is 157. The molecule has 1 heterocycles. The van der Waals surface area contributed by atoms with E-state index in [1.165, 1.54) is 64.5 Å². The lowest BCUT2D eigenvalue weighted by Gasteiger charge is -2.25. The van der Waals surface area contributed by atoms with E-state index in [1.807, 2.05) is 0 Å². The maximum absolute atomic E-state index is 4.62. The highest BCUT2D eigenvalue weighted by Crippen LogP contribution is 2.22. The van der Waals surface area contributed by atoms with Crippen LogP contribution in [0.3, 0.4) is 0 Å².